The van der Waals surface area contributed by atoms with Crippen molar-refractivity contribution in [2.24, 2.45) is 0 Å². The van der Waals surface area contributed by atoms with Gasteiger partial charge in [0, 0.05) is 34.3 Å². The summed E-state index contributed by atoms with van der Waals surface area (Å²) in [5.41, 5.74) is -3.23. The van der Waals surface area contributed by atoms with Crippen molar-refractivity contribution in [3.05, 3.63) is 0 Å². The number of nitrogens with one attached hydrogen (secondary N) is 1. The fourth-order valence-corrected chi connectivity index (χ4v) is 3.53. The Hall–Kier alpha value is -2.97. The first-order chi connectivity index (χ1) is 16.5. The lowest BCUT2D eigenvalue weighted by Gasteiger charge is -2.49. The molecule has 1 heterocycles. The zero-order valence-corrected chi connectivity index (χ0v) is 21.6. The van der Waals surface area contributed by atoms with E-state index < -0.39 is 84.8 Å². The van der Waals surface area contributed by atoms with E-state index in [0.29, 0.717) is 0 Å². The van der Waals surface area contributed by atoms with Crippen LogP contribution in [0.5, 0.6) is 0 Å². The standard InChI is InChI=1S/C22H35NO13/c1-11(24)32-10-15(33-12(2)25)22(29)9-14(35-19(31-8)17(22)34-13(3)26)16(18(27)30-7)23-20(28)36-21(4,5)6/h14-17,19,29H,9-10H2,1-8H3,(H,23,28)/t14-,15-,16-,17-,19-,22+/m0/s1. The molecule has 0 aromatic rings. The quantitative estimate of drug-likeness (QED) is 0.305. The summed E-state index contributed by atoms with van der Waals surface area (Å²) < 4.78 is 36.4. The van der Waals surface area contributed by atoms with Crippen molar-refractivity contribution >= 4 is 30.0 Å². The number of methoxy groups -OCH3 is 2. The van der Waals surface area contributed by atoms with Crippen LogP contribution >= 0.6 is 0 Å². The Morgan fingerprint density at radius 3 is 2.11 bits per heavy atom. The summed E-state index contributed by atoms with van der Waals surface area (Å²) >= 11 is 0. The van der Waals surface area contributed by atoms with Crippen molar-refractivity contribution in [1.29, 1.82) is 0 Å². The summed E-state index contributed by atoms with van der Waals surface area (Å²) in [7, 11) is 2.24. The van der Waals surface area contributed by atoms with Crippen molar-refractivity contribution < 1.29 is 62.2 Å². The van der Waals surface area contributed by atoms with Crippen LogP contribution in [0.1, 0.15) is 48.0 Å². The molecule has 0 aromatic carbocycles. The van der Waals surface area contributed by atoms with Crippen molar-refractivity contribution in [2.75, 3.05) is 20.8 Å². The summed E-state index contributed by atoms with van der Waals surface area (Å²) in [6.45, 7) is 7.41. The number of rotatable bonds is 9. The molecule has 1 amide bonds. The van der Waals surface area contributed by atoms with Crippen LogP contribution in [0.4, 0.5) is 4.79 Å². The Balaban J connectivity index is 3.52. The smallest absolute Gasteiger partial charge is 0.408 e. The Morgan fingerprint density at radius 1 is 1.06 bits per heavy atom. The molecule has 14 heteroatoms. The number of ether oxygens (including phenoxy) is 7. The average molecular weight is 522 g/mol. The second-order valence-electron chi connectivity index (χ2n) is 9.05. The molecular formula is C22H35NO13. The Kier molecular flexibility index (Phi) is 11.1. The lowest BCUT2D eigenvalue weighted by Crippen LogP contribution is -2.69. The van der Waals surface area contributed by atoms with Crippen LogP contribution < -0.4 is 5.32 Å². The number of hydrogen-bond acceptors (Lipinski definition) is 13. The first-order valence-electron chi connectivity index (χ1n) is 11.0. The largest absolute Gasteiger partial charge is 0.467 e. The van der Waals surface area contributed by atoms with Crippen LogP contribution in [0.25, 0.3) is 0 Å². The van der Waals surface area contributed by atoms with E-state index in [0.717, 1.165) is 27.9 Å². The van der Waals surface area contributed by atoms with E-state index in [2.05, 4.69) is 5.32 Å². The summed E-state index contributed by atoms with van der Waals surface area (Å²) in [5, 5.41) is 14.1. The highest BCUT2D eigenvalue weighted by Gasteiger charge is 2.59. The van der Waals surface area contributed by atoms with Crippen molar-refractivity contribution in [1.82, 2.24) is 5.32 Å². The number of hydrogen-bond donors (Lipinski definition) is 2. The summed E-state index contributed by atoms with van der Waals surface area (Å²) in [6.07, 6.45) is -7.64. The number of carbonyl (C=O) groups is 5. The third-order valence-corrected chi connectivity index (χ3v) is 4.91. The second-order valence-corrected chi connectivity index (χ2v) is 9.05. The Morgan fingerprint density at radius 2 is 1.67 bits per heavy atom. The van der Waals surface area contributed by atoms with Gasteiger partial charge in [-0.05, 0) is 20.8 Å². The second kappa shape index (κ2) is 12.8. The van der Waals surface area contributed by atoms with E-state index in [-0.39, 0.29) is 0 Å². The van der Waals surface area contributed by atoms with Crippen LogP contribution in [0.15, 0.2) is 0 Å². The molecule has 0 aliphatic carbocycles. The molecule has 0 radical (unpaired) electrons. The topological polar surface area (TPSA) is 182 Å². The average Bonchev–Trinajstić information content (AvgIpc) is 2.73. The van der Waals surface area contributed by atoms with Crippen LogP contribution in [-0.4, -0.2) is 97.7 Å². The van der Waals surface area contributed by atoms with Gasteiger partial charge >= 0.3 is 30.0 Å². The SMILES string of the molecule is COC(=O)[C@@H](NC(=O)OC(C)(C)C)[C@@H]1C[C@@](O)([C@H](COC(C)=O)OC(C)=O)[C@@H](OC(C)=O)[C@@H](OC)O1. The van der Waals surface area contributed by atoms with E-state index in [9.17, 15) is 29.1 Å². The minimum atomic E-state index is -2.32. The highest BCUT2D eigenvalue weighted by Crippen LogP contribution is 2.38. The number of alkyl carbamates (subject to hydrolysis) is 1. The molecule has 0 spiro atoms. The van der Waals surface area contributed by atoms with Gasteiger partial charge in [-0.25, -0.2) is 9.59 Å². The van der Waals surface area contributed by atoms with Crippen molar-refractivity contribution in [2.45, 2.75) is 89.8 Å². The highest BCUT2D eigenvalue weighted by atomic mass is 16.7. The van der Waals surface area contributed by atoms with Crippen LogP contribution in [-0.2, 0) is 52.3 Å². The van der Waals surface area contributed by atoms with Gasteiger partial charge in [-0.1, -0.05) is 0 Å². The summed E-state index contributed by atoms with van der Waals surface area (Å²) in [5.74, 6) is -3.40. The zero-order valence-electron chi connectivity index (χ0n) is 21.6. The molecule has 36 heavy (non-hydrogen) atoms. The molecule has 1 aliphatic heterocycles. The molecule has 6 atom stereocenters. The minimum absolute atomic E-state index is 0.570. The van der Waals surface area contributed by atoms with E-state index >= 15 is 0 Å². The molecule has 0 aromatic heterocycles. The van der Waals surface area contributed by atoms with Gasteiger partial charge in [0.05, 0.1) is 13.2 Å². The van der Waals surface area contributed by atoms with E-state index in [1.165, 1.54) is 7.11 Å². The molecule has 0 unspecified atom stereocenters. The van der Waals surface area contributed by atoms with E-state index in [1.54, 1.807) is 20.8 Å². The lowest BCUT2D eigenvalue weighted by atomic mass is 9.80. The van der Waals surface area contributed by atoms with Gasteiger partial charge in [0.15, 0.2) is 24.5 Å². The third kappa shape index (κ3) is 8.91. The number of carbonyl (C=O) groups excluding carboxylic acids is 5. The molecule has 14 nitrogen and oxygen atoms in total. The van der Waals surface area contributed by atoms with Crippen LogP contribution in [0, 0.1) is 0 Å². The predicted octanol–water partition coefficient (Wildman–Crippen LogP) is -0.0283. The lowest BCUT2D eigenvalue weighted by molar-refractivity contribution is -0.314. The molecule has 1 saturated heterocycles. The number of aliphatic hydroxyl groups is 1. The van der Waals surface area contributed by atoms with Gasteiger partial charge in [0.25, 0.3) is 0 Å². The van der Waals surface area contributed by atoms with E-state index in [4.69, 9.17) is 33.2 Å². The maximum atomic E-state index is 12.6. The van der Waals surface area contributed by atoms with Crippen LogP contribution in [0.2, 0.25) is 0 Å². The van der Waals surface area contributed by atoms with Gasteiger partial charge in [-0.15, -0.1) is 0 Å². The molecule has 0 bridgehead atoms. The van der Waals surface area contributed by atoms with Gasteiger partial charge < -0.3 is 43.6 Å². The van der Waals surface area contributed by atoms with Crippen molar-refractivity contribution in [3.63, 3.8) is 0 Å². The van der Waals surface area contributed by atoms with Gasteiger partial charge in [-0.3, -0.25) is 14.4 Å². The maximum absolute atomic E-state index is 12.6. The predicted molar refractivity (Wildman–Crippen MR) is 118 cm³/mol. The Labute approximate surface area is 208 Å². The summed E-state index contributed by atoms with van der Waals surface area (Å²) in [4.78, 5) is 60.1. The first-order valence-corrected chi connectivity index (χ1v) is 11.0. The molecule has 1 aliphatic rings. The maximum Gasteiger partial charge on any atom is 0.408 e. The van der Waals surface area contributed by atoms with Gasteiger partial charge in [0.1, 0.15) is 17.8 Å². The molecule has 2 N–H and O–H groups in total. The fraction of sp³-hybridized carbons (Fsp3) is 0.773. The third-order valence-electron chi connectivity index (χ3n) is 4.91. The fourth-order valence-electron chi connectivity index (χ4n) is 3.53. The number of esters is 4. The molecule has 0 saturated carbocycles. The monoisotopic (exact) mass is 521 g/mol. The number of amides is 1. The van der Waals surface area contributed by atoms with E-state index in [1.807, 2.05) is 0 Å². The summed E-state index contributed by atoms with van der Waals surface area (Å²) in [6, 6.07) is -1.54. The van der Waals surface area contributed by atoms with Gasteiger partial charge in [0.2, 0.25) is 0 Å². The molecule has 1 fully saturated rings. The molecular weight excluding hydrogens is 486 g/mol. The normalized spacial score (nSPS) is 25.5. The Bertz CT molecular complexity index is 823. The minimum Gasteiger partial charge on any atom is -0.467 e. The highest BCUT2D eigenvalue weighted by molar-refractivity contribution is 5.82. The van der Waals surface area contributed by atoms with Gasteiger partial charge in [-0.2, -0.15) is 0 Å². The van der Waals surface area contributed by atoms with Crippen LogP contribution in [0.3, 0.4) is 0 Å². The van der Waals surface area contributed by atoms with Crippen molar-refractivity contribution in [3.8, 4) is 0 Å². The molecule has 206 valence electrons. The molecule has 1 rings (SSSR count). The zero-order chi connectivity index (χ0) is 27.8. The first kappa shape index (κ1) is 31.1.